The van der Waals surface area contributed by atoms with Crippen molar-refractivity contribution in [2.45, 2.75) is 52.2 Å². The van der Waals surface area contributed by atoms with Gasteiger partial charge in [-0.3, -0.25) is 4.79 Å². The topological polar surface area (TPSA) is 38.3 Å². The Bertz CT molecular complexity index is 622. The zero-order valence-electron chi connectivity index (χ0n) is 14.8. The van der Waals surface area contributed by atoms with Crippen molar-refractivity contribution in [3.8, 4) is 5.75 Å². The van der Waals surface area contributed by atoms with Gasteiger partial charge in [-0.05, 0) is 50.8 Å². The third-order valence-corrected chi connectivity index (χ3v) is 4.06. The van der Waals surface area contributed by atoms with Crippen LogP contribution in [-0.2, 0) is 11.2 Å². The Morgan fingerprint density at radius 3 is 2.38 bits per heavy atom. The first-order valence-electron chi connectivity index (χ1n) is 8.66. The normalized spacial score (nSPS) is 13.1. The van der Waals surface area contributed by atoms with Crippen LogP contribution in [-0.4, -0.2) is 18.1 Å². The second-order valence-corrected chi connectivity index (χ2v) is 6.26. The van der Waals surface area contributed by atoms with Gasteiger partial charge in [-0.15, -0.1) is 0 Å². The summed E-state index contributed by atoms with van der Waals surface area (Å²) < 4.78 is 5.83. The first-order valence-corrected chi connectivity index (χ1v) is 8.66. The van der Waals surface area contributed by atoms with Gasteiger partial charge in [-0.2, -0.15) is 0 Å². The smallest absolute Gasteiger partial charge is 0.261 e. The Balaban J connectivity index is 1.83. The number of rotatable bonds is 8. The summed E-state index contributed by atoms with van der Waals surface area (Å²) >= 11 is 0. The van der Waals surface area contributed by atoms with Crippen LogP contribution in [0.5, 0.6) is 5.75 Å². The van der Waals surface area contributed by atoms with Crippen molar-refractivity contribution in [3.63, 3.8) is 0 Å². The molecule has 1 amide bonds. The summed E-state index contributed by atoms with van der Waals surface area (Å²) in [5.41, 5.74) is 2.47. The van der Waals surface area contributed by atoms with Gasteiger partial charge in [0.1, 0.15) is 5.75 Å². The number of aryl methyl sites for hydroxylation is 2. The largest absolute Gasteiger partial charge is 0.481 e. The summed E-state index contributed by atoms with van der Waals surface area (Å²) in [6.45, 7) is 6.04. The van der Waals surface area contributed by atoms with Crippen molar-refractivity contribution in [2.24, 2.45) is 0 Å². The summed E-state index contributed by atoms with van der Waals surface area (Å²) in [6.07, 6.45) is 2.06. The van der Waals surface area contributed by atoms with E-state index in [2.05, 4.69) is 17.4 Å². The number of hydrogen-bond acceptors (Lipinski definition) is 2. The van der Waals surface area contributed by atoms with Crippen molar-refractivity contribution in [3.05, 3.63) is 65.7 Å². The maximum atomic E-state index is 12.4. The summed E-state index contributed by atoms with van der Waals surface area (Å²) in [4.78, 5) is 12.4. The monoisotopic (exact) mass is 325 g/mol. The maximum Gasteiger partial charge on any atom is 0.261 e. The molecule has 0 unspecified atom stereocenters. The Hall–Kier alpha value is -2.29. The molecule has 128 valence electrons. The highest BCUT2D eigenvalue weighted by atomic mass is 16.5. The van der Waals surface area contributed by atoms with Gasteiger partial charge in [0, 0.05) is 6.04 Å². The van der Waals surface area contributed by atoms with Crippen LogP contribution in [0.25, 0.3) is 0 Å². The van der Waals surface area contributed by atoms with E-state index >= 15 is 0 Å². The van der Waals surface area contributed by atoms with Gasteiger partial charge >= 0.3 is 0 Å². The fraction of sp³-hybridized carbons (Fsp3) is 0.381. The van der Waals surface area contributed by atoms with Gasteiger partial charge in [0.25, 0.3) is 5.91 Å². The lowest BCUT2D eigenvalue weighted by molar-refractivity contribution is -0.128. The van der Waals surface area contributed by atoms with Crippen LogP contribution in [0.2, 0.25) is 0 Å². The van der Waals surface area contributed by atoms with Crippen LogP contribution in [0.1, 0.15) is 37.8 Å². The first-order chi connectivity index (χ1) is 11.6. The quantitative estimate of drug-likeness (QED) is 0.786. The Kier molecular flexibility index (Phi) is 6.86. The van der Waals surface area contributed by atoms with Crippen LogP contribution in [0.15, 0.2) is 54.6 Å². The van der Waals surface area contributed by atoms with E-state index in [1.165, 1.54) is 11.1 Å². The Labute approximate surface area is 145 Å². The van der Waals surface area contributed by atoms with Gasteiger partial charge in [-0.25, -0.2) is 0 Å². The fourth-order valence-corrected chi connectivity index (χ4v) is 2.54. The zero-order chi connectivity index (χ0) is 17.4. The highest BCUT2D eigenvalue weighted by Crippen LogP contribution is 2.15. The van der Waals surface area contributed by atoms with E-state index in [0.29, 0.717) is 6.42 Å². The van der Waals surface area contributed by atoms with Crippen molar-refractivity contribution >= 4 is 5.91 Å². The van der Waals surface area contributed by atoms with E-state index in [4.69, 9.17) is 4.74 Å². The molecule has 0 heterocycles. The molecule has 3 heteroatoms. The molecule has 3 nitrogen and oxygen atoms in total. The molecule has 2 atom stereocenters. The molecule has 0 spiro atoms. The highest BCUT2D eigenvalue weighted by molar-refractivity contribution is 5.81. The van der Waals surface area contributed by atoms with Gasteiger partial charge in [0.2, 0.25) is 0 Å². The molecule has 2 aromatic rings. The highest BCUT2D eigenvalue weighted by Gasteiger charge is 2.20. The van der Waals surface area contributed by atoms with E-state index in [-0.39, 0.29) is 11.9 Å². The van der Waals surface area contributed by atoms with Gasteiger partial charge < -0.3 is 10.1 Å². The molecule has 0 aromatic heterocycles. The second-order valence-electron chi connectivity index (χ2n) is 6.26. The summed E-state index contributed by atoms with van der Waals surface area (Å²) in [5.74, 6) is 0.693. The van der Waals surface area contributed by atoms with Crippen molar-refractivity contribution in [1.29, 1.82) is 0 Å². The van der Waals surface area contributed by atoms with Crippen LogP contribution < -0.4 is 10.1 Å². The molecule has 0 aliphatic carbocycles. The van der Waals surface area contributed by atoms with Crippen molar-refractivity contribution in [2.75, 3.05) is 0 Å². The average Bonchev–Trinajstić information content (AvgIpc) is 2.60. The number of carbonyl (C=O) groups excluding carboxylic acids is 1. The van der Waals surface area contributed by atoms with Crippen LogP contribution in [0.4, 0.5) is 0 Å². The average molecular weight is 325 g/mol. The number of benzene rings is 2. The number of hydrogen-bond donors (Lipinski definition) is 1. The predicted molar refractivity (Wildman–Crippen MR) is 98.3 cm³/mol. The predicted octanol–water partition coefficient (Wildman–Crippen LogP) is 4.29. The molecular weight excluding hydrogens is 298 g/mol. The number of nitrogens with one attached hydrogen (secondary N) is 1. The number of carbonyl (C=O) groups is 1. The van der Waals surface area contributed by atoms with Gasteiger partial charge in [0.15, 0.2) is 6.10 Å². The molecule has 0 saturated carbocycles. The van der Waals surface area contributed by atoms with Crippen LogP contribution in [0.3, 0.4) is 0 Å². The van der Waals surface area contributed by atoms with Gasteiger partial charge in [-0.1, -0.05) is 55.0 Å². The minimum absolute atomic E-state index is 0.0429. The van der Waals surface area contributed by atoms with Crippen molar-refractivity contribution in [1.82, 2.24) is 5.32 Å². The molecule has 1 N–H and O–H groups in total. The number of amides is 1. The van der Waals surface area contributed by atoms with Crippen LogP contribution in [0, 0.1) is 6.92 Å². The summed E-state index contributed by atoms with van der Waals surface area (Å²) in [5, 5.41) is 3.07. The molecule has 0 saturated heterocycles. The summed E-state index contributed by atoms with van der Waals surface area (Å²) in [7, 11) is 0. The second kappa shape index (κ2) is 9.11. The molecule has 0 radical (unpaired) electrons. The first kappa shape index (κ1) is 18.1. The fourth-order valence-electron chi connectivity index (χ4n) is 2.54. The van der Waals surface area contributed by atoms with E-state index in [1.807, 2.05) is 63.2 Å². The molecule has 0 aliphatic heterocycles. The van der Waals surface area contributed by atoms with E-state index in [1.54, 1.807) is 0 Å². The third-order valence-electron chi connectivity index (χ3n) is 4.06. The molecular formula is C21H27NO2. The van der Waals surface area contributed by atoms with E-state index in [9.17, 15) is 4.79 Å². The number of ether oxygens (including phenoxy) is 1. The molecule has 2 rings (SSSR count). The Morgan fingerprint density at radius 1 is 1.08 bits per heavy atom. The van der Waals surface area contributed by atoms with E-state index in [0.717, 1.165) is 18.6 Å². The van der Waals surface area contributed by atoms with E-state index < -0.39 is 6.10 Å². The zero-order valence-corrected chi connectivity index (χ0v) is 14.8. The Morgan fingerprint density at radius 2 is 1.75 bits per heavy atom. The maximum absolute atomic E-state index is 12.4. The van der Waals surface area contributed by atoms with Crippen molar-refractivity contribution < 1.29 is 9.53 Å². The minimum Gasteiger partial charge on any atom is -0.481 e. The standard InChI is InChI=1S/C21H27NO2/c1-4-20(24-19-14-10-16(2)11-15-19)21(23)22-17(3)12-13-18-8-6-5-7-9-18/h5-11,14-15,17,20H,4,12-13H2,1-3H3,(H,22,23)/t17-,20+/m1/s1. The SMILES string of the molecule is CC[C@H](Oc1ccc(C)cc1)C(=O)N[C@H](C)CCc1ccccc1. The molecule has 24 heavy (non-hydrogen) atoms. The molecule has 2 aromatic carbocycles. The lowest BCUT2D eigenvalue weighted by Crippen LogP contribution is -2.42. The molecule has 0 aliphatic rings. The molecule has 0 bridgehead atoms. The van der Waals surface area contributed by atoms with Gasteiger partial charge in [0.05, 0.1) is 0 Å². The minimum atomic E-state index is -0.452. The summed E-state index contributed by atoms with van der Waals surface area (Å²) in [6, 6.07) is 18.2. The molecule has 0 fully saturated rings. The lowest BCUT2D eigenvalue weighted by atomic mass is 10.1. The van der Waals surface area contributed by atoms with Crippen LogP contribution >= 0.6 is 0 Å². The lowest BCUT2D eigenvalue weighted by Gasteiger charge is -2.20. The third kappa shape index (κ3) is 5.73.